The lowest BCUT2D eigenvalue weighted by Crippen LogP contribution is -2.01. The Morgan fingerprint density at radius 3 is 2.76 bits per heavy atom. The minimum atomic E-state index is -1.23. The number of hydrogen-bond donors (Lipinski definition) is 1. The summed E-state index contributed by atoms with van der Waals surface area (Å²) < 4.78 is 11.5. The molecule has 0 unspecified atom stereocenters. The fourth-order valence-electron chi connectivity index (χ4n) is 1.65. The molecule has 9 heteroatoms. The van der Waals surface area contributed by atoms with Crippen molar-refractivity contribution in [3.8, 4) is 17.4 Å². The Balaban J connectivity index is 2.47. The van der Waals surface area contributed by atoms with E-state index in [4.69, 9.17) is 14.6 Å². The van der Waals surface area contributed by atoms with Crippen LogP contribution in [0.1, 0.15) is 10.4 Å². The maximum absolute atomic E-state index is 11.2. The number of carboxylic acid groups (broad SMARTS) is 1. The number of ether oxygens (including phenoxy) is 2. The molecule has 0 aliphatic heterocycles. The van der Waals surface area contributed by atoms with Crippen LogP contribution in [-0.2, 0) is 7.05 Å². The van der Waals surface area contributed by atoms with E-state index in [1.807, 2.05) is 0 Å². The summed E-state index contributed by atoms with van der Waals surface area (Å²) in [6.07, 6.45) is 1.16. The molecule has 0 spiro atoms. The number of nitro groups is 1. The van der Waals surface area contributed by atoms with Gasteiger partial charge in [0.1, 0.15) is 23.3 Å². The standard InChI is InChI=1S/C12H11N3O6/c1-14-6-9(15(18)19)11(13-14)21-10-5-7(20-2)3-4-8(10)12(16)17/h3-6H,1-2H3,(H,16,17). The number of methoxy groups -OCH3 is 1. The summed E-state index contributed by atoms with van der Waals surface area (Å²) in [6.45, 7) is 0. The summed E-state index contributed by atoms with van der Waals surface area (Å²) >= 11 is 0. The first-order valence-electron chi connectivity index (χ1n) is 5.69. The molecule has 9 nitrogen and oxygen atoms in total. The molecule has 2 aromatic rings. The third kappa shape index (κ3) is 2.91. The first kappa shape index (κ1) is 14.3. The van der Waals surface area contributed by atoms with Crippen molar-refractivity contribution in [2.45, 2.75) is 0 Å². The van der Waals surface area contributed by atoms with Crippen LogP contribution in [0.2, 0.25) is 0 Å². The van der Waals surface area contributed by atoms with E-state index < -0.39 is 10.9 Å². The van der Waals surface area contributed by atoms with Crippen LogP contribution in [0.4, 0.5) is 5.69 Å². The van der Waals surface area contributed by atoms with Gasteiger partial charge in [0.15, 0.2) is 0 Å². The van der Waals surface area contributed by atoms with Gasteiger partial charge in [-0.1, -0.05) is 0 Å². The van der Waals surface area contributed by atoms with Crippen LogP contribution in [0.5, 0.6) is 17.4 Å². The predicted octanol–water partition coefficient (Wildman–Crippen LogP) is 1.83. The Kier molecular flexibility index (Phi) is 3.74. The summed E-state index contributed by atoms with van der Waals surface area (Å²) in [5.41, 5.74) is -0.521. The Bertz CT molecular complexity index is 709. The van der Waals surface area contributed by atoms with Gasteiger partial charge >= 0.3 is 17.5 Å². The molecule has 2 rings (SSSR count). The van der Waals surface area contributed by atoms with Crippen LogP contribution in [0, 0.1) is 10.1 Å². The topological polar surface area (TPSA) is 117 Å². The van der Waals surface area contributed by atoms with E-state index in [2.05, 4.69) is 5.10 Å². The zero-order valence-electron chi connectivity index (χ0n) is 11.1. The van der Waals surface area contributed by atoms with Crippen molar-refractivity contribution in [1.29, 1.82) is 0 Å². The molecule has 110 valence electrons. The summed E-state index contributed by atoms with van der Waals surface area (Å²) in [5, 5.41) is 23.8. The molecule has 0 radical (unpaired) electrons. The van der Waals surface area contributed by atoms with Gasteiger partial charge in [0.25, 0.3) is 0 Å². The van der Waals surface area contributed by atoms with Gasteiger partial charge in [-0.15, -0.1) is 5.10 Å². The molecule has 1 aromatic carbocycles. The van der Waals surface area contributed by atoms with Crippen molar-refractivity contribution in [3.63, 3.8) is 0 Å². The molecule has 0 saturated heterocycles. The Hall–Kier alpha value is -3.10. The van der Waals surface area contributed by atoms with Crippen LogP contribution < -0.4 is 9.47 Å². The fraction of sp³-hybridized carbons (Fsp3) is 0.167. The molecule has 1 aromatic heterocycles. The molecule has 0 aliphatic carbocycles. The largest absolute Gasteiger partial charge is 0.497 e. The van der Waals surface area contributed by atoms with Crippen LogP contribution in [0.3, 0.4) is 0 Å². The van der Waals surface area contributed by atoms with Crippen molar-refractivity contribution >= 4 is 11.7 Å². The average Bonchev–Trinajstić information content (AvgIpc) is 2.79. The third-order valence-corrected chi connectivity index (χ3v) is 2.60. The number of aryl methyl sites for hydroxylation is 1. The number of carboxylic acids is 1. The zero-order chi connectivity index (χ0) is 15.6. The molecule has 21 heavy (non-hydrogen) atoms. The molecular weight excluding hydrogens is 282 g/mol. The summed E-state index contributed by atoms with van der Waals surface area (Å²) in [6, 6.07) is 4.05. The van der Waals surface area contributed by atoms with Gasteiger partial charge in [-0.25, -0.2) is 4.79 Å². The zero-order valence-corrected chi connectivity index (χ0v) is 11.1. The van der Waals surface area contributed by atoms with Crippen molar-refractivity contribution in [3.05, 3.63) is 40.1 Å². The maximum atomic E-state index is 11.2. The normalized spacial score (nSPS) is 10.2. The fourth-order valence-corrected chi connectivity index (χ4v) is 1.65. The van der Waals surface area contributed by atoms with Gasteiger partial charge in [0, 0.05) is 13.1 Å². The third-order valence-electron chi connectivity index (χ3n) is 2.60. The highest BCUT2D eigenvalue weighted by Gasteiger charge is 2.23. The Morgan fingerprint density at radius 1 is 1.48 bits per heavy atom. The van der Waals surface area contributed by atoms with Crippen LogP contribution in [0.15, 0.2) is 24.4 Å². The number of nitrogens with zero attached hydrogens (tertiary/aromatic N) is 3. The molecule has 1 N–H and O–H groups in total. The molecular formula is C12H11N3O6. The Morgan fingerprint density at radius 2 is 2.19 bits per heavy atom. The second-order valence-corrected chi connectivity index (χ2v) is 4.02. The lowest BCUT2D eigenvalue weighted by molar-refractivity contribution is -0.385. The highest BCUT2D eigenvalue weighted by molar-refractivity contribution is 5.91. The monoisotopic (exact) mass is 293 g/mol. The van der Waals surface area contributed by atoms with Crippen molar-refractivity contribution < 1.29 is 24.3 Å². The quantitative estimate of drug-likeness (QED) is 0.660. The smallest absolute Gasteiger partial charge is 0.350 e. The average molecular weight is 293 g/mol. The molecule has 0 amide bonds. The van der Waals surface area contributed by atoms with Crippen LogP contribution in [-0.4, -0.2) is 32.9 Å². The molecule has 0 atom stereocenters. The second kappa shape index (κ2) is 5.49. The van der Waals surface area contributed by atoms with Crippen molar-refractivity contribution in [2.75, 3.05) is 7.11 Å². The molecule has 0 aliphatic rings. The number of aromatic nitrogens is 2. The van der Waals surface area contributed by atoms with Gasteiger partial charge in [0.2, 0.25) is 0 Å². The number of carbonyl (C=O) groups is 1. The number of hydrogen-bond acceptors (Lipinski definition) is 6. The van der Waals surface area contributed by atoms with E-state index in [-0.39, 0.29) is 22.9 Å². The summed E-state index contributed by atoms with van der Waals surface area (Å²) in [7, 11) is 2.90. The van der Waals surface area contributed by atoms with Gasteiger partial charge in [-0.3, -0.25) is 14.8 Å². The maximum Gasteiger partial charge on any atom is 0.350 e. The lowest BCUT2D eigenvalue weighted by Gasteiger charge is -2.08. The molecule has 0 saturated carbocycles. The molecule has 0 fully saturated rings. The van der Waals surface area contributed by atoms with Gasteiger partial charge in [0.05, 0.1) is 12.0 Å². The minimum Gasteiger partial charge on any atom is -0.497 e. The molecule has 1 heterocycles. The van der Waals surface area contributed by atoms with E-state index >= 15 is 0 Å². The van der Waals surface area contributed by atoms with E-state index in [9.17, 15) is 14.9 Å². The van der Waals surface area contributed by atoms with Crippen LogP contribution in [0.25, 0.3) is 0 Å². The highest BCUT2D eigenvalue weighted by Crippen LogP contribution is 2.33. The number of benzene rings is 1. The van der Waals surface area contributed by atoms with E-state index in [1.54, 1.807) is 0 Å². The summed E-state index contributed by atoms with van der Waals surface area (Å²) in [5.74, 6) is -1.26. The van der Waals surface area contributed by atoms with Crippen molar-refractivity contribution in [2.24, 2.45) is 7.05 Å². The minimum absolute atomic E-state index is 0.0938. The van der Waals surface area contributed by atoms with Crippen LogP contribution >= 0.6 is 0 Å². The summed E-state index contributed by atoms with van der Waals surface area (Å²) in [4.78, 5) is 21.4. The van der Waals surface area contributed by atoms with E-state index in [0.29, 0.717) is 5.75 Å². The molecule has 0 bridgehead atoms. The number of rotatable bonds is 5. The second-order valence-electron chi connectivity index (χ2n) is 4.02. The van der Waals surface area contributed by atoms with Gasteiger partial charge in [-0.2, -0.15) is 0 Å². The SMILES string of the molecule is COc1ccc(C(=O)O)c(Oc2nn(C)cc2[N+](=O)[O-])c1. The number of aromatic carboxylic acids is 1. The van der Waals surface area contributed by atoms with Gasteiger partial charge in [-0.05, 0) is 12.1 Å². The lowest BCUT2D eigenvalue weighted by atomic mass is 10.2. The first-order chi connectivity index (χ1) is 9.92. The first-order valence-corrected chi connectivity index (χ1v) is 5.69. The Labute approximate surface area is 118 Å². The van der Waals surface area contributed by atoms with Crippen molar-refractivity contribution in [1.82, 2.24) is 9.78 Å². The highest BCUT2D eigenvalue weighted by atomic mass is 16.6. The van der Waals surface area contributed by atoms with E-state index in [1.165, 1.54) is 37.0 Å². The predicted molar refractivity (Wildman–Crippen MR) is 69.9 cm³/mol. The van der Waals surface area contributed by atoms with E-state index in [0.717, 1.165) is 6.20 Å². The van der Waals surface area contributed by atoms with Gasteiger partial charge < -0.3 is 14.6 Å².